The van der Waals surface area contributed by atoms with Crippen molar-refractivity contribution in [1.29, 1.82) is 0 Å². The Bertz CT molecular complexity index is 1040. The third-order valence-corrected chi connectivity index (χ3v) is 6.14. The van der Waals surface area contributed by atoms with E-state index in [1.54, 1.807) is 12.1 Å². The highest BCUT2D eigenvalue weighted by Crippen LogP contribution is 2.39. The second-order valence-electron chi connectivity index (χ2n) is 8.54. The Balaban J connectivity index is 1.81. The first kappa shape index (κ1) is 21.2. The van der Waals surface area contributed by atoms with E-state index < -0.39 is 23.5 Å². The Kier molecular flexibility index (Phi) is 5.92. The van der Waals surface area contributed by atoms with Crippen LogP contribution in [0.25, 0.3) is 5.76 Å². The van der Waals surface area contributed by atoms with Crippen molar-refractivity contribution in [3.8, 4) is 0 Å². The maximum absolute atomic E-state index is 13.5. The molecule has 162 valence electrons. The van der Waals surface area contributed by atoms with Crippen LogP contribution >= 0.6 is 0 Å². The third-order valence-electron chi connectivity index (χ3n) is 6.14. The van der Waals surface area contributed by atoms with Crippen molar-refractivity contribution in [2.75, 3.05) is 27.2 Å². The minimum absolute atomic E-state index is 0.0612. The molecule has 1 N–H and O–H groups in total. The van der Waals surface area contributed by atoms with Crippen molar-refractivity contribution in [2.45, 2.75) is 31.7 Å². The van der Waals surface area contributed by atoms with Crippen LogP contribution in [0.1, 0.15) is 41.1 Å². The number of likely N-dealkylation sites (tertiary alicyclic amines) is 1. The Hall–Kier alpha value is -2.99. The number of Topliss-reactive ketones (excluding diaryl/α,β-unsaturated/α-hetero) is 1. The summed E-state index contributed by atoms with van der Waals surface area (Å²) in [6, 6.07) is 10.7. The Morgan fingerprint density at radius 3 is 2.42 bits per heavy atom. The number of likely N-dealkylation sites (N-methyl/N-ethyl adjacent to an activating group) is 1. The molecule has 1 unspecified atom stereocenters. The van der Waals surface area contributed by atoms with Crippen molar-refractivity contribution < 1.29 is 19.1 Å². The standard InChI is InChI=1S/C25H27FN2O3/c1-27(2)13-14-28-22(17-9-11-20(26)12-10-17)21(24(30)25(28)31)23(29)19-8-7-16-5-3-4-6-18(16)15-19/h7-12,15,22,29H,3-6,13-14H2,1-2H3/b23-21-. The Morgan fingerprint density at radius 2 is 1.74 bits per heavy atom. The van der Waals surface area contributed by atoms with Gasteiger partial charge < -0.3 is 14.9 Å². The average molecular weight is 423 g/mol. The number of hydrogen-bond acceptors (Lipinski definition) is 4. The van der Waals surface area contributed by atoms with Crippen LogP contribution in [0.15, 0.2) is 48.0 Å². The van der Waals surface area contributed by atoms with Crippen molar-refractivity contribution in [1.82, 2.24) is 9.80 Å². The van der Waals surface area contributed by atoms with Crippen LogP contribution in [0.5, 0.6) is 0 Å². The average Bonchev–Trinajstić information content (AvgIpc) is 3.02. The third kappa shape index (κ3) is 4.12. The van der Waals surface area contributed by atoms with Crippen LogP contribution in [0.3, 0.4) is 0 Å². The molecule has 0 radical (unpaired) electrons. The van der Waals surface area contributed by atoms with Gasteiger partial charge in [-0.25, -0.2) is 4.39 Å². The summed E-state index contributed by atoms with van der Waals surface area (Å²) < 4.78 is 13.5. The molecule has 1 heterocycles. The molecule has 6 heteroatoms. The van der Waals surface area contributed by atoms with E-state index in [2.05, 4.69) is 0 Å². The van der Waals surface area contributed by atoms with Crippen molar-refractivity contribution in [3.05, 3.63) is 76.1 Å². The molecule has 5 nitrogen and oxygen atoms in total. The van der Waals surface area contributed by atoms with Crippen LogP contribution in [-0.4, -0.2) is 53.8 Å². The number of aryl methyl sites for hydroxylation is 2. The van der Waals surface area contributed by atoms with Gasteiger partial charge in [0.15, 0.2) is 0 Å². The van der Waals surface area contributed by atoms with Gasteiger partial charge in [0, 0.05) is 18.7 Å². The number of fused-ring (bicyclic) bond motifs is 1. The highest BCUT2D eigenvalue weighted by molar-refractivity contribution is 6.46. The lowest BCUT2D eigenvalue weighted by Gasteiger charge is -2.26. The number of ketones is 1. The van der Waals surface area contributed by atoms with Crippen LogP contribution in [0.2, 0.25) is 0 Å². The number of hydrogen-bond donors (Lipinski definition) is 1. The lowest BCUT2D eigenvalue weighted by molar-refractivity contribution is -0.140. The summed E-state index contributed by atoms with van der Waals surface area (Å²) >= 11 is 0. The predicted octanol–water partition coefficient (Wildman–Crippen LogP) is 3.69. The number of amides is 1. The van der Waals surface area contributed by atoms with Gasteiger partial charge in [-0.15, -0.1) is 0 Å². The summed E-state index contributed by atoms with van der Waals surface area (Å²) in [6.45, 7) is 0.879. The molecule has 1 fully saturated rings. The minimum Gasteiger partial charge on any atom is -0.507 e. The van der Waals surface area contributed by atoms with Gasteiger partial charge in [0.05, 0.1) is 11.6 Å². The van der Waals surface area contributed by atoms with Crippen LogP contribution < -0.4 is 0 Å². The normalized spacial score (nSPS) is 20.4. The number of carbonyl (C=O) groups is 2. The number of rotatable bonds is 5. The monoisotopic (exact) mass is 422 g/mol. The SMILES string of the molecule is CN(C)CCN1C(=O)C(=O)/C(=C(\O)c2ccc3c(c2)CCCC3)C1c1ccc(F)cc1. The fraction of sp³-hybridized carbons (Fsp3) is 0.360. The molecule has 2 aromatic carbocycles. The van der Waals surface area contributed by atoms with Gasteiger partial charge in [-0.05, 0) is 74.7 Å². The van der Waals surface area contributed by atoms with Crippen LogP contribution in [-0.2, 0) is 22.4 Å². The van der Waals surface area contributed by atoms with Gasteiger partial charge in [-0.3, -0.25) is 9.59 Å². The van der Waals surface area contributed by atoms with Gasteiger partial charge >= 0.3 is 0 Å². The number of nitrogens with zero attached hydrogens (tertiary/aromatic N) is 2. The molecule has 0 spiro atoms. The van der Waals surface area contributed by atoms with Crippen LogP contribution in [0.4, 0.5) is 4.39 Å². The first-order valence-corrected chi connectivity index (χ1v) is 10.7. The zero-order valence-electron chi connectivity index (χ0n) is 17.9. The molecule has 1 amide bonds. The number of carbonyl (C=O) groups excluding carboxylic acids is 2. The molecular weight excluding hydrogens is 395 g/mol. The van der Waals surface area contributed by atoms with Crippen molar-refractivity contribution >= 4 is 17.4 Å². The minimum atomic E-state index is -0.753. The lowest BCUT2D eigenvalue weighted by Crippen LogP contribution is -2.35. The lowest BCUT2D eigenvalue weighted by atomic mass is 9.88. The summed E-state index contributed by atoms with van der Waals surface area (Å²) in [4.78, 5) is 29.3. The zero-order chi connectivity index (χ0) is 22.1. The van der Waals surface area contributed by atoms with Crippen molar-refractivity contribution in [2.24, 2.45) is 0 Å². The second-order valence-corrected chi connectivity index (χ2v) is 8.54. The van der Waals surface area contributed by atoms with E-state index in [-0.39, 0.29) is 11.3 Å². The maximum Gasteiger partial charge on any atom is 0.295 e. The molecule has 0 bridgehead atoms. The molecule has 1 saturated heterocycles. The van der Waals surface area contributed by atoms with Crippen molar-refractivity contribution in [3.63, 3.8) is 0 Å². The molecule has 1 aliphatic heterocycles. The Labute approximate surface area is 181 Å². The quantitative estimate of drug-likeness (QED) is 0.454. The Morgan fingerprint density at radius 1 is 1.06 bits per heavy atom. The fourth-order valence-corrected chi connectivity index (χ4v) is 4.45. The first-order chi connectivity index (χ1) is 14.9. The number of halogens is 1. The van der Waals surface area contributed by atoms with E-state index in [1.807, 2.05) is 37.2 Å². The van der Waals surface area contributed by atoms with Gasteiger partial charge in [-0.1, -0.05) is 24.3 Å². The number of aliphatic hydroxyl groups is 1. The van der Waals surface area contributed by atoms with E-state index in [0.29, 0.717) is 24.2 Å². The molecule has 1 aliphatic carbocycles. The summed E-state index contributed by atoms with van der Waals surface area (Å²) in [7, 11) is 3.77. The number of aliphatic hydroxyl groups excluding tert-OH is 1. The highest BCUT2D eigenvalue weighted by atomic mass is 19.1. The van der Waals surface area contributed by atoms with E-state index in [0.717, 1.165) is 25.7 Å². The van der Waals surface area contributed by atoms with Gasteiger partial charge in [0.1, 0.15) is 11.6 Å². The van der Waals surface area contributed by atoms with Crippen LogP contribution in [0, 0.1) is 5.82 Å². The van der Waals surface area contributed by atoms with Gasteiger partial charge in [0.2, 0.25) is 0 Å². The zero-order valence-corrected chi connectivity index (χ0v) is 17.9. The molecule has 0 saturated carbocycles. The van der Waals surface area contributed by atoms with E-state index in [1.165, 1.54) is 28.2 Å². The van der Waals surface area contributed by atoms with E-state index >= 15 is 0 Å². The highest BCUT2D eigenvalue weighted by Gasteiger charge is 2.45. The summed E-state index contributed by atoms with van der Waals surface area (Å²) in [6.07, 6.45) is 4.21. The molecule has 2 aliphatic rings. The maximum atomic E-state index is 13.5. The molecule has 4 rings (SSSR count). The van der Waals surface area contributed by atoms with E-state index in [4.69, 9.17) is 0 Å². The fourth-order valence-electron chi connectivity index (χ4n) is 4.45. The van der Waals surface area contributed by atoms with Gasteiger partial charge in [-0.2, -0.15) is 0 Å². The van der Waals surface area contributed by atoms with Gasteiger partial charge in [0.25, 0.3) is 11.7 Å². The topological polar surface area (TPSA) is 60.9 Å². The smallest absolute Gasteiger partial charge is 0.295 e. The largest absolute Gasteiger partial charge is 0.507 e. The summed E-state index contributed by atoms with van der Waals surface area (Å²) in [5.74, 6) is -1.92. The van der Waals surface area contributed by atoms with E-state index in [9.17, 15) is 19.1 Å². The summed E-state index contributed by atoms with van der Waals surface area (Å²) in [5, 5.41) is 11.2. The second kappa shape index (κ2) is 8.63. The summed E-state index contributed by atoms with van der Waals surface area (Å²) in [5.41, 5.74) is 3.64. The predicted molar refractivity (Wildman–Crippen MR) is 117 cm³/mol. The molecule has 31 heavy (non-hydrogen) atoms. The molecular formula is C25H27FN2O3. The first-order valence-electron chi connectivity index (χ1n) is 10.7. The molecule has 1 atom stereocenters. The molecule has 0 aromatic heterocycles. The molecule has 2 aromatic rings. The number of benzene rings is 2.